The van der Waals surface area contributed by atoms with E-state index in [-0.39, 0.29) is 12.4 Å². The van der Waals surface area contributed by atoms with Gasteiger partial charge in [-0.15, -0.1) is 0 Å². The Morgan fingerprint density at radius 2 is 1.00 bits per heavy atom. The van der Waals surface area contributed by atoms with Gasteiger partial charge in [0.05, 0.1) is 0 Å². The van der Waals surface area contributed by atoms with Crippen molar-refractivity contribution in [1.82, 2.24) is 0 Å². The molecule has 0 N–H and O–H groups in total. The third-order valence-corrected chi connectivity index (χ3v) is 3.74. The molecule has 0 atom stereocenters. The maximum atomic E-state index is 5.99. The van der Waals surface area contributed by atoms with Crippen LogP contribution in [0.1, 0.15) is 98.8 Å². The monoisotopic (exact) mass is 298 g/mol. The number of hydrogen-bond acceptors (Lipinski definition) is 2. The lowest BCUT2D eigenvalue weighted by Crippen LogP contribution is -2.33. The van der Waals surface area contributed by atoms with E-state index >= 15 is 0 Å². The number of hydrogen-bond donors (Lipinski definition) is 0. The van der Waals surface area contributed by atoms with Gasteiger partial charge in [0.2, 0.25) is 0 Å². The summed E-state index contributed by atoms with van der Waals surface area (Å²) < 4.78 is 12.0. The summed E-state index contributed by atoms with van der Waals surface area (Å²) in [6, 6.07) is 0. The number of rotatable bonds is 14. The van der Waals surface area contributed by atoms with Crippen molar-refractivity contribution in [3.63, 3.8) is 0 Å². The van der Waals surface area contributed by atoms with E-state index in [0.717, 1.165) is 26.1 Å². The van der Waals surface area contributed by atoms with Crippen LogP contribution in [-0.4, -0.2) is 20.3 Å². The Morgan fingerprint density at radius 3 is 1.33 bits per heavy atom. The summed E-state index contributed by atoms with van der Waals surface area (Å²) in [5.41, 5.74) is 0. The van der Waals surface area contributed by atoms with Crippen LogP contribution in [0.4, 0.5) is 0 Å². The first-order valence-electron chi connectivity index (χ1n) is 9.25. The topological polar surface area (TPSA) is 18.5 Å². The van der Waals surface area contributed by atoms with Crippen molar-refractivity contribution < 1.29 is 9.31 Å². The van der Waals surface area contributed by atoms with Crippen LogP contribution in [-0.2, 0) is 9.31 Å². The molecule has 0 unspecified atom stereocenters. The van der Waals surface area contributed by atoms with E-state index in [1.54, 1.807) is 0 Å². The average Bonchev–Trinajstić information content (AvgIpc) is 2.42. The van der Waals surface area contributed by atoms with Crippen molar-refractivity contribution in [2.75, 3.05) is 13.2 Å². The quantitative estimate of drug-likeness (QED) is 0.279. The normalized spacial score (nSPS) is 11.9. The van der Waals surface area contributed by atoms with Gasteiger partial charge in [0.15, 0.2) is 0 Å². The minimum absolute atomic E-state index is 0.0603. The summed E-state index contributed by atoms with van der Waals surface area (Å²) in [4.78, 5) is 0. The van der Waals surface area contributed by atoms with Gasteiger partial charge in [0.1, 0.15) is 0 Å². The summed E-state index contributed by atoms with van der Waals surface area (Å²) in [5.74, 6) is 0. The van der Waals surface area contributed by atoms with Gasteiger partial charge < -0.3 is 9.31 Å². The molecule has 0 aromatic carbocycles. The van der Waals surface area contributed by atoms with Gasteiger partial charge in [-0.25, -0.2) is 0 Å². The van der Waals surface area contributed by atoms with Crippen molar-refractivity contribution in [1.29, 1.82) is 0 Å². The zero-order valence-corrected chi connectivity index (χ0v) is 15.4. The fourth-order valence-electron chi connectivity index (χ4n) is 2.34. The summed E-state index contributed by atoms with van der Waals surface area (Å²) in [6.07, 6.45) is 12.8. The Balaban J connectivity index is 3.74. The molecule has 0 aromatic heterocycles. The zero-order chi connectivity index (χ0) is 16.0. The first-order chi connectivity index (χ1) is 10.0. The fourth-order valence-corrected chi connectivity index (χ4v) is 2.34. The molecule has 0 rings (SSSR count). The minimum atomic E-state index is -0.0603. The maximum Gasteiger partial charge on any atom is 0.462 e. The third kappa shape index (κ3) is 13.4. The molecule has 2 nitrogen and oxygen atoms in total. The highest BCUT2D eigenvalue weighted by Crippen LogP contribution is 2.28. The van der Waals surface area contributed by atoms with Crippen LogP contribution in [0.3, 0.4) is 0 Å². The van der Waals surface area contributed by atoms with E-state index in [0.29, 0.717) is 0 Å². The van der Waals surface area contributed by atoms with Crippen LogP contribution >= 0.6 is 0 Å². The van der Waals surface area contributed by atoms with E-state index in [1.165, 1.54) is 51.4 Å². The van der Waals surface area contributed by atoms with Crippen LogP contribution in [0, 0.1) is 0 Å². The first-order valence-corrected chi connectivity index (χ1v) is 9.25. The van der Waals surface area contributed by atoms with Crippen LogP contribution in [0.2, 0.25) is 5.31 Å². The molecular formula is C18H39BO2. The molecular weight excluding hydrogens is 259 g/mol. The zero-order valence-electron chi connectivity index (χ0n) is 15.4. The lowest BCUT2D eigenvalue weighted by molar-refractivity contribution is 0.171. The molecule has 0 heterocycles. The molecule has 0 saturated carbocycles. The Labute approximate surface area is 134 Å². The van der Waals surface area contributed by atoms with Gasteiger partial charge in [-0.3, -0.25) is 0 Å². The Bertz CT molecular complexity index is 198. The van der Waals surface area contributed by atoms with Crippen molar-refractivity contribution in [2.45, 2.75) is 104 Å². The van der Waals surface area contributed by atoms with E-state index in [4.69, 9.17) is 9.31 Å². The van der Waals surface area contributed by atoms with Crippen LogP contribution < -0.4 is 0 Å². The van der Waals surface area contributed by atoms with Crippen molar-refractivity contribution in [3.05, 3.63) is 0 Å². The lowest BCUT2D eigenvalue weighted by atomic mass is 9.61. The molecule has 0 bridgehead atoms. The predicted octanol–water partition coefficient (Wildman–Crippen LogP) is 6.25. The molecule has 3 heteroatoms. The van der Waals surface area contributed by atoms with Gasteiger partial charge in [0.25, 0.3) is 0 Å². The first kappa shape index (κ1) is 21.0. The Morgan fingerprint density at radius 1 is 0.619 bits per heavy atom. The molecule has 0 aliphatic heterocycles. The van der Waals surface area contributed by atoms with Gasteiger partial charge in [0, 0.05) is 13.2 Å². The van der Waals surface area contributed by atoms with E-state index < -0.39 is 0 Å². The third-order valence-electron chi connectivity index (χ3n) is 3.74. The molecule has 0 aliphatic rings. The summed E-state index contributed by atoms with van der Waals surface area (Å²) >= 11 is 0. The van der Waals surface area contributed by atoms with Crippen LogP contribution in [0.25, 0.3) is 0 Å². The second-order valence-corrected chi connectivity index (χ2v) is 7.27. The minimum Gasteiger partial charge on any atom is -0.411 e. The van der Waals surface area contributed by atoms with Crippen LogP contribution in [0.5, 0.6) is 0 Å². The van der Waals surface area contributed by atoms with Gasteiger partial charge in [-0.2, -0.15) is 0 Å². The molecule has 0 amide bonds. The predicted molar refractivity (Wildman–Crippen MR) is 94.9 cm³/mol. The molecule has 0 spiro atoms. The molecule has 21 heavy (non-hydrogen) atoms. The highest BCUT2D eigenvalue weighted by atomic mass is 16.6. The van der Waals surface area contributed by atoms with E-state index in [2.05, 4.69) is 34.6 Å². The van der Waals surface area contributed by atoms with Crippen LogP contribution in [0.15, 0.2) is 0 Å². The van der Waals surface area contributed by atoms with Crippen molar-refractivity contribution in [2.24, 2.45) is 0 Å². The van der Waals surface area contributed by atoms with E-state index in [9.17, 15) is 0 Å². The molecule has 126 valence electrons. The Kier molecular flexibility index (Phi) is 13.6. The highest BCUT2D eigenvalue weighted by Gasteiger charge is 2.33. The van der Waals surface area contributed by atoms with Crippen molar-refractivity contribution >= 4 is 7.12 Å². The molecule has 0 aromatic rings. The molecule has 0 aliphatic carbocycles. The fraction of sp³-hybridized carbons (Fsp3) is 1.00. The van der Waals surface area contributed by atoms with Gasteiger partial charge >= 0.3 is 7.12 Å². The second-order valence-electron chi connectivity index (χ2n) is 7.27. The SMILES string of the molecule is CCCCCCCOB(OCCCCCCC)C(C)(C)C. The van der Waals surface area contributed by atoms with Gasteiger partial charge in [-0.05, 0) is 18.2 Å². The second kappa shape index (κ2) is 13.6. The summed E-state index contributed by atoms with van der Waals surface area (Å²) in [7, 11) is -0.0603. The largest absolute Gasteiger partial charge is 0.462 e. The maximum absolute atomic E-state index is 5.99. The molecule has 0 saturated heterocycles. The Hall–Kier alpha value is -0.0151. The summed E-state index contributed by atoms with van der Waals surface area (Å²) in [6.45, 7) is 12.8. The average molecular weight is 298 g/mol. The lowest BCUT2D eigenvalue weighted by Gasteiger charge is -2.26. The van der Waals surface area contributed by atoms with Gasteiger partial charge in [-0.1, -0.05) is 86.0 Å². The smallest absolute Gasteiger partial charge is 0.411 e. The highest BCUT2D eigenvalue weighted by molar-refractivity contribution is 6.48. The van der Waals surface area contributed by atoms with E-state index in [1.807, 2.05) is 0 Å². The summed E-state index contributed by atoms with van der Waals surface area (Å²) in [5, 5.41) is 0.0623. The molecule has 0 fully saturated rings. The van der Waals surface area contributed by atoms with Crippen molar-refractivity contribution in [3.8, 4) is 0 Å². The number of unbranched alkanes of at least 4 members (excludes halogenated alkanes) is 8. The standard InChI is InChI=1S/C18H39BO2/c1-6-8-10-12-14-16-20-19(18(3,4)5)21-17-15-13-11-9-7-2/h6-17H2,1-5H3. The molecule has 0 radical (unpaired) electrons.